The van der Waals surface area contributed by atoms with E-state index in [4.69, 9.17) is 5.73 Å². The van der Waals surface area contributed by atoms with Gasteiger partial charge in [-0.3, -0.25) is 0 Å². The first-order valence-corrected chi connectivity index (χ1v) is 5.78. The van der Waals surface area contributed by atoms with E-state index in [1.165, 1.54) is 36.9 Å². The van der Waals surface area contributed by atoms with Gasteiger partial charge in [0.25, 0.3) is 0 Å². The number of rotatable bonds is 2. The molecule has 0 aromatic heterocycles. The van der Waals surface area contributed by atoms with Crippen LogP contribution in [-0.4, -0.2) is 13.1 Å². The molecule has 0 atom stereocenters. The molecule has 0 heterocycles. The van der Waals surface area contributed by atoms with Crippen molar-refractivity contribution in [2.45, 2.75) is 38.6 Å². The molecule has 1 saturated carbocycles. The zero-order valence-corrected chi connectivity index (χ0v) is 9.66. The summed E-state index contributed by atoms with van der Waals surface area (Å²) in [6, 6.07) is 6.90. The second-order valence-corrected chi connectivity index (χ2v) is 4.54. The molecule has 0 radical (unpaired) electrons. The number of hydrogen-bond donors (Lipinski definition) is 1. The van der Waals surface area contributed by atoms with Gasteiger partial charge < -0.3 is 10.6 Å². The third kappa shape index (κ3) is 1.94. The zero-order valence-electron chi connectivity index (χ0n) is 9.66. The fraction of sp³-hybridized carbons (Fsp3) is 0.538. The van der Waals surface area contributed by atoms with Crippen LogP contribution in [0.5, 0.6) is 0 Å². The highest BCUT2D eigenvalue weighted by Gasteiger charge is 2.20. The molecule has 0 amide bonds. The van der Waals surface area contributed by atoms with E-state index < -0.39 is 0 Å². The molecular weight excluding hydrogens is 184 g/mol. The number of hydrogen-bond acceptors (Lipinski definition) is 2. The van der Waals surface area contributed by atoms with Gasteiger partial charge in [0.1, 0.15) is 0 Å². The maximum atomic E-state index is 5.93. The zero-order chi connectivity index (χ0) is 10.8. The lowest BCUT2D eigenvalue weighted by Crippen LogP contribution is -2.29. The number of nitrogens with zero attached hydrogens (tertiary/aromatic N) is 1. The maximum absolute atomic E-state index is 5.93. The summed E-state index contributed by atoms with van der Waals surface area (Å²) in [6.07, 6.45) is 5.39. The van der Waals surface area contributed by atoms with Crippen molar-refractivity contribution in [3.8, 4) is 0 Å². The van der Waals surface area contributed by atoms with Crippen molar-refractivity contribution in [2.75, 3.05) is 17.7 Å². The Hall–Kier alpha value is -1.18. The van der Waals surface area contributed by atoms with Crippen LogP contribution in [0.1, 0.15) is 31.2 Å². The molecule has 2 rings (SSSR count). The topological polar surface area (TPSA) is 29.3 Å². The SMILES string of the molecule is Cc1c(N)cccc1N(C)C1CCCC1. The molecule has 0 aliphatic heterocycles. The Kier molecular flexibility index (Phi) is 2.85. The summed E-state index contributed by atoms with van der Waals surface area (Å²) in [7, 11) is 2.19. The van der Waals surface area contributed by atoms with Crippen molar-refractivity contribution in [1.29, 1.82) is 0 Å². The molecule has 1 aromatic carbocycles. The monoisotopic (exact) mass is 204 g/mol. The first-order chi connectivity index (χ1) is 7.20. The smallest absolute Gasteiger partial charge is 0.0416 e. The summed E-state index contributed by atoms with van der Waals surface area (Å²) >= 11 is 0. The fourth-order valence-corrected chi connectivity index (χ4v) is 2.51. The minimum Gasteiger partial charge on any atom is -0.398 e. The summed E-state index contributed by atoms with van der Waals surface area (Å²) in [5.74, 6) is 0. The maximum Gasteiger partial charge on any atom is 0.0416 e. The number of benzene rings is 1. The van der Waals surface area contributed by atoms with E-state index in [1.54, 1.807) is 0 Å². The molecule has 2 N–H and O–H groups in total. The standard InChI is InChI=1S/C13H20N2/c1-10-12(14)8-5-9-13(10)15(2)11-6-3-4-7-11/h5,8-9,11H,3-4,6-7,14H2,1-2H3. The van der Waals surface area contributed by atoms with Crippen molar-refractivity contribution in [3.63, 3.8) is 0 Å². The molecule has 0 bridgehead atoms. The van der Waals surface area contributed by atoms with E-state index in [0.29, 0.717) is 6.04 Å². The quantitative estimate of drug-likeness (QED) is 0.750. The summed E-state index contributed by atoms with van der Waals surface area (Å²) in [6.45, 7) is 2.11. The third-order valence-corrected chi connectivity index (χ3v) is 3.60. The lowest BCUT2D eigenvalue weighted by Gasteiger charge is -2.28. The Morgan fingerprint density at radius 2 is 1.93 bits per heavy atom. The van der Waals surface area contributed by atoms with Crippen LogP contribution >= 0.6 is 0 Å². The van der Waals surface area contributed by atoms with E-state index >= 15 is 0 Å². The molecule has 1 aromatic rings. The van der Waals surface area contributed by atoms with Crippen LogP contribution in [0, 0.1) is 6.92 Å². The Morgan fingerprint density at radius 3 is 2.60 bits per heavy atom. The molecule has 82 valence electrons. The van der Waals surface area contributed by atoms with Crippen LogP contribution in [0.3, 0.4) is 0 Å². The Morgan fingerprint density at radius 1 is 1.27 bits per heavy atom. The average Bonchev–Trinajstić information content (AvgIpc) is 2.74. The van der Waals surface area contributed by atoms with Gasteiger partial charge in [0.2, 0.25) is 0 Å². The number of nitrogens with two attached hydrogens (primary N) is 1. The van der Waals surface area contributed by atoms with E-state index in [9.17, 15) is 0 Å². The fourth-order valence-electron chi connectivity index (χ4n) is 2.51. The Bertz CT molecular complexity index is 340. The van der Waals surface area contributed by atoms with Crippen LogP contribution in [0.25, 0.3) is 0 Å². The lowest BCUT2D eigenvalue weighted by atomic mass is 10.1. The first kappa shape index (κ1) is 10.3. The van der Waals surface area contributed by atoms with Crippen LogP contribution in [0.2, 0.25) is 0 Å². The predicted molar refractivity (Wildman–Crippen MR) is 66.3 cm³/mol. The minimum absolute atomic E-state index is 0.713. The van der Waals surface area contributed by atoms with Crippen molar-refractivity contribution < 1.29 is 0 Å². The highest BCUT2D eigenvalue weighted by atomic mass is 15.1. The second kappa shape index (κ2) is 4.13. The van der Waals surface area contributed by atoms with Crippen molar-refractivity contribution in [1.82, 2.24) is 0 Å². The Labute approximate surface area is 92.1 Å². The van der Waals surface area contributed by atoms with Gasteiger partial charge in [-0.2, -0.15) is 0 Å². The third-order valence-electron chi connectivity index (χ3n) is 3.60. The second-order valence-electron chi connectivity index (χ2n) is 4.54. The predicted octanol–water partition coefficient (Wildman–Crippen LogP) is 2.96. The highest BCUT2D eigenvalue weighted by Crippen LogP contribution is 2.30. The van der Waals surface area contributed by atoms with Gasteiger partial charge in [0.15, 0.2) is 0 Å². The molecule has 1 aliphatic rings. The van der Waals surface area contributed by atoms with E-state index in [-0.39, 0.29) is 0 Å². The van der Waals surface area contributed by atoms with Gasteiger partial charge in [0.05, 0.1) is 0 Å². The van der Waals surface area contributed by atoms with Gasteiger partial charge >= 0.3 is 0 Å². The van der Waals surface area contributed by atoms with Gasteiger partial charge in [-0.15, -0.1) is 0 Å². The van der Waals surface area contributed by atoms with Crippen LogP contribution in [0.15, 0.2) is 18.2 Å². The largest absolute Gasteiger partial charge is 0.398 e. The van der Waals surface area contributed by atoms with Crippen LogP contribution in [0.4, 0.5) is 11.4 Å². The van der Waals surface area contributed by atoms with Gasteiger partial charge in [-0.1, -0.05) is 18.9 Å². The molecule has 0 spiro atoms. The van der Waals surface area contributed by atoms with Crippen LogP contribution < -0.4 is 10.6 Å². The highest BCUT2D eigenvalue weighted by molar-refractivity contribution is 5.64. The molecule has 1 aliphatic carbocycles. The van der Waals surface area contributed by atoms with Gasteiger partial charge in [0, 0.05) is 24.5 Å². The summed E-state index contributed by atoms with van der Waals surface area (Å²) in [5, 5.41) is 0. The summed E-state index contributed by atoms with van der Waals surface area (Å²) in [5.41, 5.74) is 9.34. The first-order valence-electron chi connectivity index (χ1n) is 5.78. The summed E-state index contributed by atoms with van der Waals surface area (Å²) in [4.78, 5) is 2.40. The molecule has 15 heavy (non-hydrogen) atoms. The van der Waals surface area contributed by atoms with Crippen LogP contribution in [-0.2, 0) is 0 Å². The minimum atomic E-state index is 0.713. The van der Waals surface area contributed by atoms with E-state index in [2.05, 4.69) is 24.9 Å². The molecule has 2 heteroatoms. The molecular formula is C13H20N2. The van der Waals surface area contributed by atoms with Crippen molar-refractivity contribution >= 4 is 11.4 Å². The lowest BCUT2D eigenvalue weighted by molar-refractivity contribution is 0.652. The molecule has 1 fully saturated rings. The average molecular weight is 204 g/mol. The molecule has 0 unspecified atom stereocenters. The van der Waals surface area contributed by atoms with E-state index in [1.807, 2.05) is 12.1 Å². The summed E-state index contributed by atoms with van der Waals surface area (Å²) < 4.78 is 0. The molecule has 0 saturated heterocycles. The number of nitrogen functional groups attached to an aromatic ring is 1. The Balaban J connectivity index is 2.24. The van der Waals surface area contributed by atoms with Crippen molar-refractivity contribution in [2.24, 2.45) is 0 Å². The van der Waals surface area contributed by atoms with Gasteiger partial charge in [-0.05, 0) is 37.5 Å². The van der Waals surface area contributed by atoms with Crippen molar-refractivity contribution in [3.05, 3.63) is 23.8 Å². The molecule has 2 nitrogen and oxygen atoms in total. The number of anilines is 2. The van der Waals surface area contributed by atoms with E-state index in [0.717, 1.165) is 5.69 Å². The van der Waals surface area contributed by atoms with Gasteiger partial charge in [-0.25, -0.2) is 0 Å². The normalized spacial score (nSPS) is 16.9.